The number of methoxy groups -OCH3 is 1. The van der Waals surface area contributed by atoms with E-state index < -0.39 is 0 Å². The van der Waals surface area contributed by atoms with E-state index in [9.17, 15) is 4.79 Å². The number of para-hydroxylation sites is 1. The summed E-state index contributed by atoms with van der Waals surface area (Å²) in [7, 11) is 1.68. The van der Waals surface area contributed by atoms with Crippen LogP contribution >= 0.6 is 11.8 Å². The first-order valence-corrected chi connectivity index (χ1v) is 9.88. The number of rotatable bonds is 4. The van der Waals surface area contributed by atoms with Gasteiger partial charge in [0.15, 0.2) is 0 Å². The van der Waals surface area contributed by atoms with E-state index in [0.717, 1.165) is 41.1 Å². The number of thioether (sulfide) groups is 1. The number of nitrogens with zero attached hydrogens (tertiary/aromatic N) is 1. The molecule has 1 aliphatic rings. The zero-order valence-corrected chi connectivity index (χ0v) is 15.6. The lowest BCUT2D eigenvalue weighted by Crippen LogP contribution is -2.40. The number of fused-ring (bicyclic) bond motifs is 1. The van der Waals surface area contributed by atoms with Crippen molar-refractivity contribution in [1.82, 2.24) is 9.88 Å². The minimum absolute atomic E-state index is 0.202. The summed E-state index contributed by atoms with van der Waals surface area (Å²) in [5, 5.41) is 1.46. The molecule has 5 heteroatoms. The maximum Gasteiger partial charge on any atom is 0.227 e. The molecule has 1 aromatic heterocycles. The van der Waals surface area contributed by atoms with Crippen molar-refractivity contribution in [3.63, 3.8) is 0 Å². The predicted octanol–water partition coefficient (Wildman–Crippen LogP) is 4.04. The number of H-pyrrole nitrogens is 1. The van der Waals surface area contributed by atoms with Crippen LogP contribution in [0.5, 0.6) is 5.75 Å². The zero-order chi connectivity index (χ0) is 17.9. The Bertz CT molecular complexity index is 904. The van der Waals surface area contributed by atoms with E-state index >= 15 is 0 Å². The van der Waals surface area contributed by atoms with Crippen LogP contribution in [0.3, 0.4) is 0 Å². The van der Waals surface area contributed by atoms with Gasteiger partial charge in [0.05, 0.1) is 13.5 Å². The Labute approximate surface area is 157 Å². The number of aromatic amines is 1. The highest BCUT2D eigenvalue weighted by molar-refractivity contribution is 7.99. The number of hydrogen-bond acceptors (Lipinski definition) is 3. The van der Waals surface area contributed by atoms with E-state index in [0.29, 0.717) is 11.7 Å². The molecular formula is C21H22N2O2S. The van der Waals surface area contributed by atoms with Gasteiger partial charge in [-0.05, 0) is 29.3 Å². The molecule has 2 heterocycles. The summed E-state index contributed by atoms with van der Waals surface area (Å²) in [5.74, 6) is 2.03. The molecule has 1 fully saturated rings. The van der Waals surface area contributed by atoms with Crippen LogP contribution in [0.1, 0.15) is 16.4 Å². The molecule has 1 unspecified atom stereocenters. The minimum atomic E-state index is 0.202. The standard InChI is InChI=1S/C21H22N2O2S/c1-25-17-8-6-15(7-9-17)20-14-23(10-11-26-20)21(24)12-16-13-22-19-5-3-2-4-18(16)19/h2-9,13,20,22H,10-12,14H2,1H3. The van der Waals surface area contributed by atoms with Crippen LogP contribution in [0.25, 0.3) is 10.9 Å². The molecular weight excluding hydrogens is 344 g/mol. The lowest BCUT2D eigenvalue weighted by Gasteiger charge is -2.32. The van der Waals surface area contributed by atoms with Crippen molar-refractivity contribution in [3.8, 4) is 5.75 Å². The van der Waals surface area contributed by atoms with E-state index in [4.69, 9.17) is 4.74 Å². The normalized spacial score (nSPS) is 17.4. The lowest BCUT2D eigenvalue weighted by atomic mass is 10.1. The molecule has 0 aliphatic carbocycles. The van der Waals surface area contributed by atoms with Gasteiger partial charge in [-0.15, -0.1) is 0 Å². The minimum Gasteiger partial charge on any atom is -0.497 e. The third-order valence-corrected chi connectivity index (χ3v) is 6.17. The summed E-state index contributed by atoms with van der Waals surface area (Å²) in [4.78, 5) is 18.1. The van der Waals surface area contributed by atoms with E-state index in [1.165, 1.54) is 5.56 Å². The number of benzene rings is 2. The molecule has 1 atom stereocenters. The molecule has 1 N–H and O–H groups in total. The van der Waals surface area contributed by atoms with Gasteiger partial charge in [0, 0.05) is 41.2 Å². The first kappa shape index (κ1) is 17.0. The van der Waals surface area contributed by atoms with Gasteiger partial charge in [0.2, 0.25) is 5.91 Å². The number of nitrogens with one attached hydrogen (secondary N) is 1. The molecule has 4 nitrogen and oxygen atoms in total. The van der Waals surface area contributed by atoms with Crippen LogP contribution in [0, 0.1) is 0 Å². The lowest BCUT2D eigenvalue weighted by molar-refractivity contribution is -0.130. The van der Waals surface area contributed by atoms with Crippen molar-refractivity contribution in [2.45, 2.75) is 11.7 Å². The number of carbonyl (C=O) groups excluding carboxylic acids is 1. The van der Waals surface area contributed by atoms with Crippen LogP contribution in [0.2, 0.25) is 0 Å². The highest BCUT2D eigenvalue weighted by atomic mass is 32.2. The number of aromatic nitrogens is 1. The monoisotopic (exact) mass is 366 g/mol. The Morgan fingerprint density at radius 1 is 1.23 bits per heavy atom. The zero-order valence-electron chi connectivity index (χ0n) is 14.8. The topological polar surface area (TPSA) is 45.3 Å². The summed E-state index contributed by atoms with van der Waals surface area (Å²) < 4.78 is 5.24. The molecule has 3 aromatic rings. The van der Waals surface area contributed by atoms with Gasteiger partial charge in [-0.2, -0.15) is 11.8 Å². The SMILES string of the molecule is COc1ccc(C2CN(C(=O)Cc3c[nH]c4ccccc34)CCS2)cc1. The largest absolute Gasteiger partial charge is 0.497 e. The second-order valence-electron chi connectivity index (χ2n) is 6.51. The van der Waals surface area contributed by atoms with E-state index in [-0.39, 0.29) is 5.91 Å². The van der Waals surface area contributed by atoms with Crippen molar-refractivity contribution < 1.29 is 9.53 Å². The number of amides is 1. The summed E-state index contributed by atoms with van der Waals surface area (Å²) in [6.07, 6.45) is 2.41. The highest BCUT2D eigenvalue weighted by Crippen LogP contribution is 2.34. The molecule has 1 saturated heterocycles. The molecule has 0 spiro atoms. The van der Waals surface area contributed by atoms with Crippen molar-refractivity contribution in [2.75, 3.05) is 26.0 Å². The first-order chi connectivity index (χ1) is 12.7. The van der Waals surface area contributed by atoms with Crippen LogP contribution in [-0.4, -0.2) is 41.7 Å². The highest BCUT2D eigenvalue weighted by Gasteiger charge is 2.25. The summed E-state index contributed by atoms with van der Waals surface area (Å²) in [6, 6.07) is 16.3. The quantitative estimate of drug-likeness (QED) is 0.758. The number of carbonyl (C=O) groups is 1. The Morgan fingerprint density at radius 2 is 2.04 bits per heavy atom. The van der Waals surface area contributed by atoms with Gasteiger partial charge in [0.25, 0.3) is 0 Å². The second kappa shape index (κ2) is 7.46. The first-order valence-electron chi connectivity index (χ1n) is 8.83. The van der Waals surface area contributed by atoms with Crippen LogP contribution in [0.4, 0.5) is 0 Å². The van der Waals surface area contributed by atoms with E-state index in [2.05, 4.69) is 23.2 Å². The molecule has 2 aromatic carbocycles. The fourth-order valence-electron chi connectivity index (χ4n) is 3.45. The van der Waals surface area contributed by atoms with Crippen molar-refractivity contribution in [2.24, 2.45) is 0 Å². The van der Waals surface area contributed by atoms with Crippen LogP contribution < -0.4 is 4.74 Å². The molecule has 0 bridgehead atoms. The Hall–Kier alpha value is -2.40. The van der Waals surface area contributed by atoms with Crippen molar-refractivity contribution in [3.05, 3.63) is 65.9 Å². The molecule has 1 aliphatic heterocycles. The second-order valence-corrected chi connectivity index (χ2v) is 7.82. The van der Waals surface area contributed by atoms with Gasteiger partial charge in [-0.25, -0.2) is 0 Å². The summed E-state index contributed by atoms with van der Waals surface area (Å²) >= 11 is 1.92. The van der Waals surface area contributed by atoms with Gasteiger partial charge in [-0.1, -0.05) is 30.3 Å². The molecule has 134 valence electrons. The maximum absolute atomic E-state index is 12.9. The third kappa shape index (κ3) is 3.44. The molecule has 0 saturated carbocycles. The number of hydrogen-bond donors (Lipinski definition) is 1. The number of ether oxygens (including phenoxy) is 1. The van der Waals surface area contributed by atoms with Crippen molar-refractivity contribution in [1.29, 1.82) is 0 Å². The maximum atomic E-state index is 12.9. The van der Waals surface area contributed by atoms with E-state index in [1.807, 2.05) is 53.2 Å². The Balaban J connectivity index is 1.45. The molecule has 1 amide bonds. The Kier molecular flexibility index (Phi) is 4.89. The third-order valence-electron chi connectivity index (χ3n) is 4.92. The van der Waals surface area contributed by atoms with Crippen LogP contribution in [0.15, 0.2) is 54.7 Å². The molecule has 26 heavy (non-hydrogen) atoms. The average Bonchev–Trinajstić information content (AvgIpc) is 3.11. The average molecular weight is 366 g/mol. The summed E-state index contributed by atoms with van der Waals surface area (Å²) in [5.41, 5.74) is 3.41. The Morgan fingerprint density at radius 3 is 2.85 bits per heavy atom. The summed E-state index contributed by atoms with van der Waals surface area (Å²) in [6.45, 7) is 1.58. The predicted molar refractivity (Wildman–Crippen MR) is 107 cm³/mol. The van der Waals surface area contributed by atoms with Gasteiger partial charge in [0.1, 0.15) is 5.75 Å². The fraction of sp³-hybridized carbons (Fsp3) is 0.286. The fourth-order valence-corrected chi connectivity index (χ4v) is 4.69. The molecule has 4 rings (SSSR count). The van der Waals surface area contributed by atoms with Gasteiger partial charge < -0.3 is 14.6 Å². The van der Waals surface area contributed by atoms with Gasteiger partial charge in [-0.3, -0.25) is 4.79 Å². The van der Waals surface area contributed by atoms with Gasteiger partial charge >= 0.3 is 0 Å². The van der Waals surface area contributed by atoms with E-state index in [1.54, 1.807) is 7.11 Å². The smallest absolute Gasteiger partial charge is 0.227 e. The van der Waals surface area contributed by atoms with Crippen molar-refractivity contribution >= 4 is 28.6 Å². The molecule has 0 radical (unpaired) electrons. The van der Waals surface area contributed by atoms with Crippen LogP contribution in [-0.2, 0) is 11.2 Å².